The molecule has 10 nitrogen and oxygen atoms in total. The maximum absolute atomic E-state index is 13.1. The Morgan fingerprint density at radius 2 is 1.82 bits per heavy atom. The Hall–Kier alpha value is -3.90. The molecule has 0 unspecified atom stereocenters. The molecule has 5 rings (SSSR count). The average Bonchev–Trinajstić information content (AvgIpc) is 3.41. The predicted octanol–water partition coefficient (Wildman–Crippen LogP) is 4.20. The number of para-hydroxylation sites is 1. The second-order valence-corrected chi connectivity index (χ2v) is 10.9. The van der Waals surface area contributed by atoms with Crippen LogP contribution in [0.4, 0.5) is 10.8 Å². The Kier molecular flexibility index (Phi) is 5.46. The number of non-ortho nitro benzene ring substituents is 1. The van der Waals surface area contributed by atoms with Crippen molar-refractivity contribution in [2.45, 2.75) is 27.9 Å². The zero-order valence-electron chi connectivity index (χ0n) is 17.5. The van der Waals surface area contributed by atoms with Gasteiger partial charge in [0.15, 0.2) is 5.13 Å². The van der Waals surface area contributed by atoms with E-state index >= 15 is 0 Å². The topological polar surface area (TPSA) is 137 Å². The lowest BCUT2D eigenvalue weighted by Crippen LogP contribution is -2.16. The number of nitrogens with one attached hydrogen (secondary N) is 1. The summed E-state index contributed by atoms with van der Waals surface area (Å²) in [6, 6.07) is 15.6. The van der Waals surface area contributed by atoms with Crippen LogP contribution in [0.1, 0.15) is 34.9 Å². The summed E-state index contributed by atoms with van der Waals surface area (Å²) in [5.41, 5.74) is 1.69. The molecule has 0 saturated heterocycles. The second kappa shape index (κ2) is 8.47. The van der Waals surface area contributed by atoms with E-state index in [-0.39, 0.29) is 19.9 Å². The molecule has 1 fully saturated rings. The standard InChI is InChI=1S/C22H17N5O5S2/c28-21(19-12-18(14-6-7-14)25-26(19)15-4-2-1-3-5-15)24-22-23-13-20(33-22)34(31,32)17-10-8-16(9-11-17)27(29)30/h1-5,8-14H,6-7H2,(H,23,24,28). The van der Waals surface area contributed by atoms with Crippen LogP contribution in [0.2, 0.25) is 0 Å². The highest BCUT2D eigenvalue weighted by Crippen LogP contribution is 2.40. The van der Waals surface area contributed by atoms with E-state index in [1.165, 1.54) is 12.1 Å². The van der Waals surface area contributed by atoms with Crippen molar-refractivity contribution in [2.75, 3.05) is 5.32 Å². The fourth-order valence-electron chi connectivity index (χ4n) is 3.37. The molecule has 0 atom stereocenters. The number of thiazole rings is 1. The van der Waals surface area contributed by atoms with Crippen LogP contribution in [0, 0.1) is 10.1 Å². The van der Waals surface area contributed by atoms with E-state index in [0.29, 0.717) is 11.6 Å². The Bertz CT molecular complexity index is 1490. The van der Waals surface area contributed by atoms with Crippen LogP contribution in [0.25, 0.3) is 5.69 Å². The van der Waals surface area contributed by atoms with Crippen molar-refractivity contribution in [1.82, 2.24) is 14.8 Å². The molecule has 1 aliphatic rings. The number of aromatic nitrogens is 3. The Labute approximate surface area is 198 Å². The molecule has 1 saturated carbocycles. The first kappa shape index (κ1) is 21.9. The van der Waals surface area contributed by atoms with Gasteiger partial charge in [-0.15, -0.1) is 0 Å². The Morgan fingerprint density at radius 1 is 1.12 bits per heavy atom. The minimum atomic E-state index is -3.95. The summed E-state index contributed by atoms with van der Waals surface area (Å²) in [5.74, 6) is -0.119. The quantitative estimate of drug-likeness (QED) is 0.300. The molecule has 2 aromatic carbocycles. The minimum Gasteiger partial charge on any atom is -0.296 e. The number of anilines is 1. The third-order valence-electron chi connectivity index (χ3n) is 5.28. The number of nitro benzene ring substituents is 1. The molecular weight excluding hydrogens is 478 g/mol. The van der Waals surface area contributed by atoms with Gasteiger partial charge in [-0.25, -0.2) is 18.1 Å². The maximum atomic E-state index is 13.1. The summed E-state index contributed by atoms with van der Waals surface area (Å²) in [4.78, 5) is 27.2. The van der Waals surface area contributed by atoms with Gasteiger partial charge in [0.2, 0.25) is 9.84 Å². The van der Waals surface area contributed by atoms with E-state index in [0.717, 1.165) is 53.9 Å². The third-order valence-corrected chi connectivity index (χ3v) is 8.43. The van der Waals surface area contributed by atoms with Gasteiger partial charge >= 0.3 is 0 Å². The summed E-state index contributed by atoms with van der Waals surface area (Å²) < 4.78 is 27.2. The van der Waals surface area contributed by atoms with E-state index in [4.69, 9.17) is 0 Å². The highest BCUT2D eigenvalue weighted by atomic mass is 32.2. The first-order valence-corrected chi connectivity index (χ1v) is 12.5. The van der Waals surface area contributed by atoms with Crippen molar-refractivity contribution in [3.8, 4) is 5.69 Å². The summed E-state index contributed by atoms with van der Waals surface area (Å²) in [7, 11) is -3.95. The van der Waals surface area contributed by atoms with Crippen LogP contribution in [0.15, 0.2) is 76.0 Å². The van der Waals surface area contributed by atoms with E-state index < -0.39 is 20.7 Å². The summed E-state index contributed by atoms with van der Waals surface area (Å²) in [6.45, 7) is 0. The van der Waals surface area contributed by atoms with Crippen molar-refractivity contribution in [2.24, 2.45) is 0 Å². The van der Waals surface area contributed by atoms with Crippen LogP contribution in [-0.4, -0.2) is 34.0 Å². The first-order valence-electron chi connectivity index (χ1n) is 10.2. The average molecular weight is 496 g/mol. The predicted molar refractivity (Wildman–Crippen MR) is 124 cm³/mol. The highest BCUT2D eigenvalue weighted by molar-refractivity contribution is 7.93. The number of nitro groups is 1. The molecule has 2 aromatic heterocycles. The van der Waals surface area contributed by atoms with Gasteiger partial charge < -0.3 is 0 Å². The molecule has 4 aromatic rings. The maximum Gasteiger partial charge on any atom is 0.276 e. The molecule has 1 N–H and O–H groups in total. The lowest BCUT2D eigenvalue weighted by atomic mass is 10.2. The molecule has 34 heavy (non-hydrogen) atoms. The lowest BCUT2D eigenvalue weighted by molar-refractivity contribution is -0.384. The number of amides is 1. The number of hydrogen-bond donors (Lipinski definition) is 1. The van der Waals surface area contributed by atoms with Gasteiger partial charge in [0.25, 0.3) is 11.6 Å². The minimum absolute atomic E-state index is 0.0908. The number of rotatable bonds is 7. The number of nitrogens with zero attached hydrogens (tertiary/aromatic N) is 4. The molecule has 2 heterocycles. The van der Waals surface area contributed by atoms with Gasteiger partial charge in [-0.1, -0.05) is 29.5 Å². The number of carbonyl (C=O) groups excluding carboxylic acids is 1. The molecule has 0 radical (unpaired) electrons. The van der Waals surface area contributed by atoms with Crippen LogP contribution in [-0.2, 0) is 9.84 Å². The Morgan fingerprint density at radius 3 is 2.47 bits per heavy atom. The molecule has 12 heteroatoms. The van der Waals surface area contributed by atoms with Crippen molar-refractivity contribution in [1.29, 1.82) is 0 Å². The number of hydrogen-bond acceptors (Lipinski definition) is 8. The molecule has 0 bridgehead atoms. The van der Waals surface area contributed by atoms with Gasteiger partial charge in [0, 0.05) is 18.1 Å². The largest absolute Gasteiger partial charge is 0.296 e. The number of benzene rings is 2. The third kappa shape index (κ3) is 4.20. The SMILES string of the molecule is O=C(Nc1ncc(S(=O)(=O)c2ccc([N+](=O)[O-])cc2)s1)c1cc(C2CC2)nn1-c1ccccc1. The lowest BCUT2D eigenvalue weighted by Gasteiger charge is -2.06. The summed E-state index contributed by atoms with van der Waals surface area (Å²) in [6.07, 6.45) is 3.22. The number of sulfone groups is 1. The first-order chi connectivity index (χ1) is 16.3. The fourth-order valence-corrected chi connectivity index (χ4v) is 5.80. The fraction of sp³-hybridized carbons (Fsp3) is 0.136. The van der Waals surface area contributed by atoms with Gasteiger partial charge in [0.1, 0.15) is 9.90 Å². The summed E-state index contributed by atoms with van der Waals surface area (Å²) in [5, 5.41) is 18.2. The van der Waals surface area contributed by atoms with Crippen molar-refractivity contribution >= 4 is 37.9 Å². The van der Waals surface area contributed by atoms with Crippen molar-refractivity contribution < 1.29 is 18.1 Å². The monoisotopic (exact) mass is 495 g/mol. The molecule has 0 spiro atoms. The van der Waals surface area contributed by atoms with E-state index in [2.05, 4.69) is 15.4 Å². The van der Waals surface area contributed by atoms with Gasteiger partial charge in [-0.3, -0.25) is 20.2 Å². The smallest absolute Gasteiger partial charge is 0.276 e. The molecule has 1 aliphatic carbocycles. The molecular formula is C22H17N5O5S2. The molecule has 0 aliphatic heterocycles. The van der Waals surface area contributed by atoms with Crippen molar-refractivity contribution in [3.05, 3.63) is 88.4 Å². The van der Waals surface area contributed by atoms with Gasteiger partial charge in [0.05, 0.1) is 27.4 Å². The zero-order valence-corrected chi connectivity index (χ0v) is 19.1. The highest BCUT2D eigenvalue weighted by Gasteiger charge is 2.29. The second-order valence-electron chi connectivity index (χ2n) is 7.67. The van der Waals surface area contributed by atoms with E-state index in [9.17, 15) is 23.3 Å². The van der Waals surface area contributed by atoms with Gasteiger partial charge in [-0.2, -0.15) is 5.10 Å². The number of carbonyl (C=O) groups is 1. The van der Waals surface area contributed by atoms with E-state index in [1.807, 2.05) is 30.3 Å². The van der Waals surface area contributed by atoms with Gasteiger partial charge in [-0.05, 0) is 43.2 Å². The normalized spacial score (nSPS) is 13.5. The van der Waals surface area contributed by atoms with Crippen molar-refractivity contribution in [3.63, 3.8) is 0 Å². The van der Waals surface area contributed by atoms with E-state index in [1.54, 1.807) is 10.7 Å². The van der Waals surface area contributed by atoms with Crippen LogP contribution >= 0.6 is 11.3 Å². The van der Waals surface area contributed by atoms with Crippen LogP contribution in [0.5, 0.6) is 0 Å². The van der Waals surface area contributed by atoms with Crippen LogP contribution < -0.4 is 5.32 Å². The molecule has 1 amide bonds. The zero-order chi connectivity index (χ0) is 23.9. The molecule has 172 valence electrons. The van der Waals surface area contributed by atoms with Crippen LogP contribution in [0.3, 0.4) is 0 Å². The Balaban J connectivity index is 1.40. The summed E-state index contributed by atoms with van der Waals surface area (Å²) >= 11 is 0.801.